The van der Waals surface area contributed by atoms with Crippen molar-refractivity contribution in [1.82, 2.24) is 78.3 Å². The zero-order valence-electron chi connectivity index (χ0n) is 41.8. The Morgan fingerprint density at radius 3 is 1.47 bits per heavy atom. The number of carboxylic acid groups (broad SMARTS) is 1. The highest BCUT2D eigenvalue weighted by molar-refractivity contribution is 6.30. The number of carbonyl (C=O) groups excluding carboxylic acids is 1. The number of esters is 1. The molecule has 0 aliphatic rings. The minimum Gasteiger partial charge on any atom is -0.476 e. The number of ether oxygens (including phenoxy) is 1. The third-order valence-corrected chi connectivity index (χ3v) is 12.3. The van der Waals surface area contributed by atoms with Crippen LogP contribution in [0.4, 0.5) is 11.4 Å². The molecule has 0 aliphatic carbocycles. The van der Waals surface area contributed by atoms with E-state index in [1.165, 1.54) is 32.1 Å². The number of fused-ring (bicyclic) bond motifs is 6. The third kappa shape index (κ3) is 9.35. The van der Waals surface area contributed by atoms with Crippen LogP contribution in [0.15, 0.2) is 70.8 Å². The first-order valence-corrected chi connectivity index (χ1v) is 23.6. The number of aromatic carboxylic acids is 1. The summed E-state index contributed by atoms with van der Waals surface area (Å²) in [6.07, 6.45) is 2.96. The molecule has 24 nitrogen and oxygen atoms in total. The Balaban J connectivity index is 0.000000183. The lowest BCUT2D eigenvalue weighted by atomic mass is 10.0. The topological polar surface area (TPSA) is 279 Å². The molecule has 2 aromatic carbocycles. The lowest BCUT2D eigenvalue weighted by Gasteiger charge is -2.21. The van der Waals surface area contributed by atoms with E-state index in [1.807, 2.05) is 45.9 Å². The van der Waals surface area contributed by atoms with Gasteiger partial charge < -0.3 is 20.5 Å². The number of benzene rings is 2. The van der Waals surface area contributed by atoms with Gasteiger partial charge in [0.1, 0.15) is 39.9 Å². The number of aryl methyl sites for hydroxylation is 6. The fourth-order valence-corrected chi connectivity index (χ4v) is 9.08. The largest absolute Gasteiger partial charge is 0.476 e. The Morgan fingerprint density at radius 2 is 1.08 bits per heavy atom. The first-order valence-electron chi connectivity index (χ1n) is 22.8. The molecular weight excluding hydrogens is 996 g/mol. The summed E-state index contributed by atoms with van der Waals surface area (Å²) in [5.74, 6) is -1.20. The van der Waals surface area contributed by atoms with E-state index in [0.29, 0.717) is 61.9 Å². The monoisotopic (exact) mass is 1040 g/mol. The Morgan fingerprint density at radius 1 is 0.662 bits per heavy atom. The highest BCUT2D eigenvalue weighted by Gasteiger charge is 2.28. The van der Waals surface area contributed by atoms with Crippen molar-refractivity contribution in [3.63, 3.8) is 0 Å². The fraction of sp³-hybridized carbons (Fsp3) is 0.292. The number of nitrogens with zero attached hydrogens (tertiary/aromatic N) is 16. The van der Waals surface area contributed by atoms with Gasteiger partial charge in [0.2, 0.25) is 11.6 Å². The van der Waals surface area contributed by atoms with Crippen LogP contribution in [0, 0.1) is 13.8 Å². The molecule has 0 aliphatic heterocycles. The predicted molar refractivity (Wildman–Crippen MR) is 276 cm³/mol. The molecule has 2 unspecified atom stereocenters. The molecule has 8 heterocycles. The number of rotatable bonds is 10. The van der Waals surface area contributed by atoms with Crippen molar-refractivity contribution in [2.75, 3.05) is 10.6 Å². The average Bonchev–Trinajstić information content (AvgIpc) is 4.17. The zero-order valence-corrected chi connectivity index (χ0v) is 43.3. The van der Waals surface area contributed by atoms with E-state index < -0.39 is 17.5 Å². The van der Waals surface area contributed by atoms with Crippen molar-refractivity contribution in [1.29, 1.82) is 0 Å². The number of imidazole rings is 2. The van der Waals surface area contributed by atoms with Crippen LogP contribution in [0.2, 0.25) is 10.3 Å². The van der Waals surface area contributed by atoms with Crippen molar-refractivity contribution in [3.8, 4) is 23.0 Å². The van der Waals surface area contributed by atoms with Crippen LogP contribution in [-0.2, 0) is 32.9 Å². The maximum absolute atomic E-state index is 13.6. The SMILES string of the molecule is Cc1cc(C(C)Nc2ccc(Cl)nc2-c2nnn(C)n2)c2c(c1)c(=O)n(C)c1c(C(=O)O)ncn21.Cc1cc(C(C)Nc2ccc(Cl)nc2-c2nnn(C)n2)c2c(c1)c(=O)n(C)c1c(C(=O)OC(C)(C)C)ncn21. The molecule has 2 atom stereocenters. The maximum atomic E-state index is 13.6. The Labute approximate surface area is 429 Å². The molecule has 0 spiro atoms. The van der Waals surface area contributed by atoms with E-state index >= 15 is 0 Å². The smallest absolute Gasteiger partial charge is 0.361 e. The second-order valence-corrected chi connectivity index (χ2v) is 19.4. The van der Waals surface area contributed by atoms with Crippen LogP contribution in [0.3, 0.4) is 0 Å². The van der Waals surface area contributed by atoms with Gasteiger partial charge in [0.05, 0.1) is 59.4 Å². The first-order chi connectivity index (χ1) is 35.0. The van der Waals surface area contributed by atoms with Crippen LogP contribution in [0.25, 0.3) is 56.1 Å². The summed E-state index contributed by atoms with van der Waals surface area (Å²) in [7, 11) is 6.47. The predicted octanol–water partition coefficient (Wildman–Crippen LogP) is 6.47. The van der Waals surface area contributed by atoms with Crippen molar-refractivity contribution >= 4 is 79.6 Å². The van der Waals surface area contributed by atoms with E-state index in [9.17, 15) is 24.3 Å². The van der Waals surface area contributed by atoms with Gasteiger partial charge in [0.25, 0.3) is 11.1 Å². The summed E-state index contributed by atoms with van der Waals surface area (Å²) in [4.78, 5) is 71.4. The molecule has 0 saturated heterocycles. The highest BCUT2D eigenvalue weighted by atomic mass is 35.5. The number of anilines is 2. The van der Waals surface area contributed by atoms with E-state index in [1.54, 1.807) is 87.4 Å². The number of hydrogen-bond acceptors (Lipinski definition) is 17. The molecule has 10 rings (SSSR count). The lowest BCUT2D eigenvalue weighted by Crippen LogP contribution is -2.26. The Kier molecular flexibility index (Phi) is 13.0. The Hall–Kier alpha value is -8.64. The lowest BCUT2D eigenvalue weighted by molar-refractivity contribution is 0.00649. The summed E-state index contributed by atoms with van der Waals surface area (Å²) in [6.45, 7) is 13.1. The van der Waals surface area contributed by atoms with Crippen molar-refractivity contribution < 1.29 is 19.4 Å². The summed E-state index contributed by atoms with van der Waals surface area (Å²) in [5.41, 5.74) is 5.79. The fourth-order valence-electron chi connectivity index (χ4n) is 8.79. The Bertz CT molecular complexity index is 4030. The number of aromatic nitrogens is 16. The molecule has 74 heavy (non-hydrogen) atoms. The van der Waals surface area contributed by atoms with E-state index in [-0.39, 0.29) is 50.5 Å². The van der Waals surface area contributed by atoms with Gasteiger partial charge in [-0.1, -0.05) is 35.3 Å². The van der Waals surface area contributed by atoms with Gasteiger partial charge in [0, 0.05) is 14.1 Å². The number of nitrogens with one attached hydrogen (secondary N) is 2. The van der Waals surface area contributed by atoms with E-state index in [2.05, 4.69) is 61.4 Å². The number of carbonyl (C=O) groups is 2. The molecule has 0 amide bonds. The van der Waals surface area contributed by atoms with Crippen LogP contribution in [0.1, 0.15) is 89.9 Å². The summed E-state index contributed by atoms with van der Waals surface area (Å²) in [6, 6.07) is 13.8. The van der Waals surface area contributed by atoms with Gasteiger partial charge in [-0.3, -0.25) is 27.5 Å². The number of tetrazole rings is 2. The minimum atomic E-state index is -1.21. The summed E-state index contributed by atoms with van der Waals surface area (Å²) >= 11 is 12.3. The first kappa shape index (κ1) is 50.3. The van der Waals surface area contributed by atoms with Gasteiger partial charge >= 0.3 is 11.9 Å². The molecule has 26 heteroatoms. The van der Waals surface area contributed by atoms with Gasteiger partial charge in [-0.05, 0) is 118 Å². The molecule has 3 N–H and O–H groups in total. The molecule has 10 aromatic rings. The molecule has 0 radical (unpaired) electrons. The third-order valence-electron chi connectivity index (χ3n) is 11.9. The van der Waals surface area contributed by atoms with E-state index in [4.69, 9.17) is 27.9 Å². The standard InChI is InChI=1S/C26H28ClN9O3.C22H20ClN9O3/c1-13-10-15(14(2)29-17-8-9-18(27)30-19(17)22-31-33-35(7)32-22)21-16(11-13)24(37)34(6)23-20(28-12-36(21)23)25(38)39-26(3,4)5;1-10-7-12(11(2)25-14-5-6-15(23)26-16(14)19-27-29-31(4)28-19)18-13(8-10)21(33)30(3)20-17(22(34)35)24-9-32(18)20/h8-12,14,29H,1-7H3;5-9,11,25H,1-4H3,(H,34,35). The summed E-state index contributed by atoms with van der Waals surface area (Å²) < 4.78 is 11.7. The van der Waals surface area contributed by atoms with Crippen molar-refractivity contribution in [2.24, 2.45) is 28.2 Å². The summed E-state index contributed by atoms with van der Waals surface area (Å²) in [5, 5.41) is 42.4. The van der Waals surface area contributed by atoms with Crippen LogP contribution >= 0.6 is 23.2 Å². The molecule has 0 fully saturated rings. The number of carboxylic acids is 1. The van der Waals surface area contributed by atoms with Crippen molar-refractivity contribution in [2.45, 2.75) is 66.2 Å². The van der Waals surface area contributed by atoms with Gasteiger partial charge in [-0.15, -0.1) is 20.4 Å². The van der Waals surface area contributed by atoms with E-state index in [0.717, 1.165) is 22.3 Å². The average molecular weight is 1040 g/mol. The van der Waals surface area contributed by atoms with Gasteiger partial charge in [-0.2, -0.15) is 9.59 Å². The second-order valence-electron chi connectivity index (χ2n) is 18.6. The van der Waals surface area contributed by atoms with Gasteiger partial charge in [0.15, 0.2) is 22.7 Å². The number of halogens is 2. The molecule has 0 saturated carbocycles. The molecular formula is C48H48Cl2N18O6. The second kappa shape index (κ2) is 19.1. The van der Waals surface area contributed by atoms with Crippen LogP contribution < -0.4 is 21.8 Å². The number of pyridine rings is 2. The van der Waals surface area contributed by atoms with Gasteiger partial charge in [-0.25, -0.2) is 29.5 Å². The quantitative estimate of drug-likeness (QED) is 0.0978. The molecule has 8 aromatic heterocycles. The molecule has 380 valence electrons. The highest BCUT2D eigenvalue weighted by Crippen LogP contribution is 2.34. The zero-order chi connectivity index (χ0) is 53.2. The van der Waals surface area contributed by atoms with Crippen molar-refractivity contribution in [3.05, 3.63) is 126 Å². The normalized spacial score (nSPS) is 12.6. The van der Waals surface area contributed by atoms with Crippen LogP contribution in [-0.4, -0.2) is 101 Å². The minimum absolute atomic E-state index is 0.0662. The number of hydrogen-bond donors (Lipinski definition) is 3. The molecule has 0 bridgehead atoms. The maximum Gasteiger partial charge on any atom is 0.361 e. The van der Waals surface area contributed by atoms with Crippen LogP contribution in [0.5, 0.6) is 0 Å².